The summed E-state index contributed by atoms with van der Waals surface area (Å²) in [7, 11) is 0. The lowest BCUT2D eigenvalue weighted by Crippen LogP contribution is -2.33. The molecule has 1 aromatic heterocycles. The van der Waals surface area contributed by atoms with Crippen molar-refractivity contribution >= 4 is 5.96 Å². The minimum atomic E-state index is 0.520. The van der Waals surface area contributed by atoms with E-state index in [1.807, 2.05) is 35.3 Å². The van der Waals surface area contributed by atoms with Gasteiger partial charge in [0.25, 0.3) is 0 Å². The molecule has 3 N–H and O–H groups in total. The summed E-state index contributed by atoms with van der Waals surface area (Å²) < 4.78 is 2.04. The molecule has 106 valence electrons. The van der Waals surface area contributed by atoms with Gasteiger partial charge in [0.1, 0.15) is 0 Å². The summed E-state index contributed by atoms with van der Waals surface area (Å²) in [5, 5.41) is 3.13. The fourth-order valence-corrected chi connectivity index (χ4v) is 1.91. The smallest absolute Gasteiger partial charge is 0.188 e. The molecule has 0 atom stereocenters. The Hall–Kier alpha value is -2.30. The fraction of sp³-hybridized carbons (Fsp3) is 0.333. The SMILES string of the molecule is NC(=NCCCn1ccnc1)NCCc1ccccc1. The molecule has 0 unspecified atom stereocenters. The van der Waals surface area contributed by atoms with E-state index in [4.69, 9.17) is 5.73 Å². The lowest BCUT2D eigenvalue weighted by Gasteiger charge is -2.06. The fourth-order valence-electron chi connectivity index (χ4n) is 1.91. The number of nitrogens with two attached hydrogens (primary N) is 1. The number of guanidine groups is 1. The lowest BCUT2D eigenvalue weighted by molar-refractivity contribution is 0.649. The van der Waals surface area contributed by atoms with Crippen LogP contribution in [0.1, 0.15) is 12.0 Å². The number of rotatable bonds is 7. The van der Waals surface area contributed by atoms with Gasteiger partial charge in [0.15, 0.2) is 5.96 Å². The van der Waals surface area contributed by atoms with Crippen LogP contribution < -0.4 is 11.1 Å². The third kappa shape index (κ3) is 5.14. The van der Waals surface area contributed by atoms with Crippen LogP contribution in [0.2, 0.25) is 0 Å². The number of hydrogen-bond donors (Lipinski definition) is 2. The third-order valence-corrected chi connectivity index (χ3v) is 2.98. The van der Waals surface area contributed by atoms with Crippen LogP contribution in [0.15, 0.2) is 54.0 Å². The summed E-state index contributed by atoms with van der Waals surface area (Å²) in [6, 6.07) is 10.3. The van der Waals surface area contributed by atoms with E-state index in [1.54, 1.807) is 6.20 Å². The zero-order chi connectivity index (χ0) is 14.0. The van der Waals surface area contributed by atoms with Crippen molar-refractivity contribution < 1.29 is 0 Å². The van der Waals surface area contributed by atoms with Gasteiger partial charge in [0.2, 0.25) is 0 Å². The van der Waals surface area contributed by atoms with Gasteiger partial charge in [-0.1, -0.05) is 30.3 Å². The van der Waals surface area contributed by atoms with Crippen LogP contribution in [0.5, 0.6) is 0 Å². The van der Waals surface area contributed by atoms with Gasteiger partial charge in [-0.15, -0.1) is 0 Å². The molecular formula is C15H21N5. The van der Waals surface area contributed by atoms with Gasteiger partial charge < -0.3 is 15.6 Å². The average molecular weight is 271 g/mol. The maximum Gasteiger partial charge on any atom is 0.188 e. The van der Waals surface area contributed by atoms with E-state index in [1.165, 1.54) is 5.56 Å². The molecule has 0 bridgehead atoms. The molecule has 0 aliphatic carbocycles. The van der Waals surface area contributed by atoms with E-state index in [-0.39, 0.29) is 0 Å². The molecule has 0 aliphatic rings. The second-order valence-electron chi connectivity index (χ2n) is 4.58. The summed E-state index contributed by atoms with van der Waals surface area (Å²) in [5.41, 5.74) is 7.12. The van der Waals surface area contributed by atoms with Crippen LogP contribution in [0.4, 0.5) is 0 Å². The number of aliphatic imine (C=N–C) groups is 1. The molecule has 0 amide bonds. The number of aromatic nitrogens is 2. The van der Waals surface area contributed by atoms with Gasteiger partial charge in [0, 0.05) is 32.0 Å². The molecule has 2 rings (SSSR count). The highest BCUT2D eigenvalue weighted by atomic mass is 15.1. The minimum Gasteiger partial charge on any atom is -0.370 e. The zero-order valence-corrected chi connectivity index (χ0v) is 11.6. The monoisotopic (exact) mass is 271 g/mol. The number of benzene rings is 1. The Balaban J connectivity index is 1.59. The van der Waals surface area contributed by atoms with Gasteiger partial charge in [-0.25, -0.2) is 4.98 Å². The Morgan fingerprint density at radius 3 is 2.90 bits per heavy atom. The van der Waals surface area contributed by atoms with Crippen molar-refractivity contribution in [2.45, 2.75) is 19.4 Å². The third-order valence-electron chi connectivity index (χ3n) is 2.98. The second-order valence-corrected chi connectivity index (χ2v) is 4.58. The predicted molar refractivity (Wildman–Crippen MR) is 81.5 cm³/mol. The summed E-state index contributed by atoms with van der Waals surface area (Å²) in [5.74, 6) is 0.520. The van der Waals surface area contributed by atoms with Gasteiger partial charge in [-0.3, -0.25) is 4.99 Å². The Kier molecular flexibility index (Phi) is 5.64. The van der Waals surface area contributed by atoms with Crippen molar-refractivity contribution in [3.63, 3.8) is 0 Å². The molecule has 0 saturated heterocycles. The first-order chi connectivity index (χ1) is 9.84. The molecule has 0 fully saturated rings. The molecule has 20 heavy (non-hydrogen) atoms. The number of hydrogen-bond acceptors (Lipinski definition) is 2. The Morgan fingerprint density at radius 2 is 2.15 bits per heavy atom. The molecule has 0 radical (unpaired) electrons. The van der Waals surface area contributed by atoms with Crippen LogP contribution in [0.25, 0.3) is 0 Å². The maximum atomic E-state index is 5.82. The first-order valence-corrected chi connectivity index (χ1v) is 6.88. The largest absolute Gasteiger partial charge is 0.370 e. The molecule has 5 nitrogen and oxygen atoms in total. The van der Waals surface area contributed by atoms with Gasteiger partial charge in [0.05, 0.1) is 6.33 Å². The summed E-state index contributed by atoms with van der Waals surface area (Å²) in [4.78, 5) is 8.30. The van der Waals surface area contributed by atoms with Crippen molar-refractivity contribution in [2.75, 3.05) is 13.1 Å². The van der Waals surface area contributed by atoms with Crippen molar-refractivity contribution in [3.05, 3.63) is 54.6 Å². The summed E-state index contributed by atoms with van der Waals surface area (Å²) >= 11 is 0. The van der Waals surface area contributed by atoms with E-state index in [2.05, 4.69) is 27.4 Å². The van der Waals surface area contributed by atoms with Gasteiger partial charge in [-0.05, 0) is 18.4 Å². The van der Waals surface area contributed by atoms with Gasteiger partial charge in [-0.2, -0.15) is 0 Å². The summed E-state index contributed by atoms with van der Waals surface area (Å²) in [6.45, 7) is 2.45. The molecular weight excluding hydrogens is 250 g/mol. The normalized spacial score (nSPS) is 11.5. The standard InChI is InChI=1S/C15H21N5/c16-15(18-8-4-11-20-12-10-17-13-20)19-9-7-14-5-2-1-3-6-14/h1-3,5-6,10,12-13H,4,7-9,11H2,(H3,16,18,19). The van der Waals surface area contributed by atoms with Crippen molar-refractivity contribution in [3.8, 4) is 0 Å². The molecule has 0 aliphatic heterocycles. The van der Waals surface area contributed by atoms with E-state index < -0.39 is 0 Å². The first-order valence-electron chi connectivity index (χ1n) is 6.88. The number of aryl methyl sites for hydroxylation is 1. The number of nitrogens with one attached hydrogen (secondary N) is 1. The van der Waals surface area contributed by atoms with Crippen molar-refractivity contribution in [1.29, 1.82) is 0 Å². The molecule has 2 aromatic rings. The Morgan fingerprint density at radius 1 is 1.30 bits per heavy atom. The molecule has 5 heteroatoms. The van der Waals surface area contributed by atoms with Crippen LogP contribution >= 0.6 is 0 Å². The number of imidazole rings is 1. The predicted octanol–water partition coefficient (Wildman–Crippen LogP) is 1.42. The van der Waals surface area contributed by atoms with Crippen LogP contribution in [0, 0.1) is 0 Å². The second kappa shape index (κ2) is 7.99. The highest BCUT2D eigenvalue weighted by Crippen LogP contribution is 1.98. The maximum absolute atomic E-state index is 5.82. The molecule has 0 saturated carbocycles. The molecule has 1 heterocycles. The Bertz CT molecular complexity index is 504. The van der Waals surface area contributed by atoms with Gasteiger partial charge >= 0.3 is 0 Å². The van der Waals surface area contributed by atoms with E-state index in [0.717, 1.165) is 32.5 Å². The van der Waals surface area contributed by atoms with Crippen LogP contribution in [-0.4, -0.2) is 28.6 Å². The minimum absolute atomic E-state index is 0.520. The highest BCUT2D eigenvalue weighted by Gasteiger charge is 1.94. The van der Waals surface area contributed by atoms with E-state index in [9.17, 15) is 0 Å². The first kappa shape index (κ1) is 14.1. The van der Waals surface area contributed by atoms with E-state index in [0.29, 0.717) is 5.96 Å². The highest BCUT2D eigenvalue weighted by molar-refractivity contribution is 5.77. The van der Waals surface area contributed by atoms with Crippen molar-refractivity contribution in [1.82, 2.24) is 14.9 Å². The lowest BCUT2D eigenvalue weighted by atomic mass is 10.1. The van der Waals surface area contributed by atoms with Crippen LogP contribution in [-0.2, 0) is 13.0 Å². The van der Waals surface area contributed by atoms with Crippen molar-refractivity contribution in [2.24, 2.45) is 10.7 Å². The Labute approximate surface area is 119 Å². The number of nitrogens with zero attached hydrogens (tertiary/aromatic N) is 3. The topological polar surface area (TPSA) is 68.2 Å². The summed E-state index contributed by atoms with van der Waals surface area (Å²) in [6.07, 6.45) is 7.45. The van der Waals surface area contributed by atoms with Crippen LogP contribution in [0.3, 0.4) is 0 Å². The zero-order valence-electron chi connectivity index (χ0n) is 11.6. The average Bonchev–Trinajstić information content (AvgIpc) is 2.98. The quantitative estimate of drug-likeness (QED) is 0.454. The molecule has 1 aromatic carbocycles. The molecule has 0 spiro atoms. The van der Waals surface area contributed by atoms with E-state index >= 15 is 0 Å².